The van der Waals surface area contributed by atoms with Gasteiger partial charge < -0.3 is 9.80 Å². The van der Waals surface area contributed by atoms with E-state index in [1.54, 1.807) is 18.3 Å². The molecule has 3 heterocycles. The molecule has 1 N–H and O–H groups in total. The van der Waals surface area contributed by atoms with Crippen molar-refractivity contribution < 1.29 is 18.8 Å². The number of nitrogens with zero attached hydrogens (tertiary/aromatic N) is 4. The largest absolute Gasteiger partial charge is 0.353 e. The maximum absolute atomic E-state index is 14.8. The van der Waals surface area contributed by atoms with Crippen molar-refractivity contribution in [1.82, 2.24) is 20.2 Å². The number of anilines is 1. The second kappa shape index (κ2) is 10.9. The Labute approximate surface area is 217 Å². The first-order valence-corrected chi connectivity index (χ1v) is 12.7. The van der Waals surface area contributed by atoms with Gasteiger partial charge >= 0.3 is 0 Å². The minimum Gasteiger partial charge on any atom is -0.353 e. The molecule has 5 rings (SSSR count). The van der Waals surface area contributed by atoms with E-state index in [9.17, 15) is 18.8 Å². The van der Waals surface area contributed by atoms with E-state index in [2.05, 4.69) is 20.2 Å². The summed E-state index contributed by atoms with van der Waals surface area (Å²) in [7, 11) is 0. The Balaban J connectivity index is 1.31. The van der Waals surface area contributed by atoms with Gasteiger partial charge in [-0.2, -0.15) is 0 Å². The zero-order chi connectivity index (χ0) is 25.8. The predicted octanol–water partition coefficient (Wildman–Crippen LogP) is 3.89. The molecule has 2 aromatic carbocycles. The van der Waals surface area contributed by atoms with Gasteiger partial charge in [-0.1, -0.05) is 36.4 Å². The fourth-order valence-corrected chi connectivity index (χ4v) is 5.00. The van der Waals surface area contributed by atoms with Crippen LogP contribution in [0.5, 0.6) is 0 Å². The molecule has 3 amide bonds. The second-order valence-corrected chi connectivity index (χ2v) is 9.75. The molecule has 1 aromatic heterocycles. The molecule has 10 heteroatoms. The average molecular weight is 518 g/mol. The summed E-state index contributed by atoms with van der Waals surface area (Å²) in [6.07, 6.45) is 5.83. The minimum absolute atomic E-state index is 0.0942. The van der Waals surface area contributed by atoms with Crippen molar-refractivity contribution in [3.05, 3.63) is 82.8 Å². The van der Waals surface area contributed by atoms with Gasteiger partial charge in [-0.25, -0.2) is 9.37 Å². The lowest BCUT2D eigenvalue weighted by Gasteiger charge is -2.23. The molecule has 3 aromatic rings. The molecule has 37 heavy (non-hydrogen) atoms. The lowest BCUT2D eigenvalue weighted by molar-refractivity contribution is -0.130. The highest BCUT2D eigenvalue weighted by Crippen LogP contribution is 2.29. The fourth-order valence-electron chi connectivity index (χ4n) is 4.32. The number of benzene rings is 2. The maximum Gasteiger partial charge on any atom is 0.290 e. The van der Waals surface area contributed by atoms with Gasteiger partial charge in [0.25, 0.3) is 11.1 Å². The predicted molar refractivity (Wildman–Crippen MR) is 140 cm³/mol. The van der Waals surface area contributed by atoms with E-state index < -0.39 is 17.0 Å². The molecule has 188 valence electrons. The zero-order valence-electron chi connectivity index (χ0n) is 19.9. The number of imide groups is 1. The summed E-state index contributed by atoms with van der Waals surface area (Å²) >= 11 is 0.805. The van der Waals surface area contributed by atoms with Crippen LogP contribution in [0.2, 0.25) is 0 Å². The van der Waals surface area contributed by atoms with Gasteiger partial charge in [0.15, 0.2) is 0 Å². The minimum atomic E-state index is -0.472. The fraction of sp³-hybridized carbons (Fsp3) is 0.222. The number of amides is 3. The van der Waals surface area contributed by atoms with Crippen molar-refractivity contribution in [3.8, 4) is 11.3 Å². The number of hydrogen-bond donors (Lipinski definition) is 1. The molecule has 2 aliphatic heterocycles. The first-order chi connectivity index (χ1) is 18.0. The van der Waals surface area contributed by atoms with E-state index in [1.165, 1.54) is 18.3 Å². The smallest absolute Gasteiger partial charge is 0.290 e. The lowest BCUT2D eigenvalue weighted by atomic mass is 10.1. The highest BCUT2D eigenvalue weighted by molar-refractivity contribution is 8.18. The molecule has 2 fully saturated rings. The Morgan fingerprint density at radius 1 is 1.05 bits per heavy atom. The molecule has 2 saturated heterocycles. The summed E-state index contributed by atoms with van der Waals surface area (Å²) < 4.78 is 14.8. The average Bonchev–Trinajstić information content (AvgIpc) is 3.08. The van der Waals surface area contributed by atoms with Crippen molar-refractivity contribution in [3.63, 3.8) is 0 Å². The number of carbonyl (C=O) groups excluding carboxylic acids is 3. The van der Waals surface area contributed by atoms with Gasteiger partial charge in [-0.05, 0) is 47.5 Å². The van der Waals surface area contributed by atoms with Crippen molar-refractivity contribution in [2.24, 2.45) is 0 Å². The highest BCUT2D eigenvalue weighted by Gasteiger charge is 2.25. The number of thioether (sulfide) groups is 1. The van der Waals surface area contributed by atoms with Crippen molar-refractivity contribution >= 4 is 40.7 Å². The summed E-state index contributed by atoms with van der Waals surface area (Å²) in [5.41, 5.74) is 2.16. The van der Waals surface area contributed by atoms with Gasteiger partial charge in [0, 0.05) is 31.7 Å². The molecule has 8 nitrogen and oxygen atoms in total. The Morgan fingerprint density at radius 2 is 1.89 bits per heavy atom. The number of hydrogen-bond acceptors (Lipinski definition) is 7. The molecule has 2 aliphatic rings. The van der Waals surface area contributed by atoms with Crippen LogP contribution in [0.4, 0.5) is 15.0 Å². The molecule has 0 aliphatic carbocycles. The topological polar surface area (TPSA) is 95.5 Å². The Bertz CT molecular complexity index is 1380. The van der Waals surface area contributed by atoms with Crippen LogP contribution in [0.15, 0.2) is 65.8 Å². The normalized spacial score (nSPS) is 17.2. The van der Waals surface area contributed by atoms with Crippen LogP contribution < -0.4 is 10.2 Å². The highest BCUT2D eigenvalue weighted by atomic mass is 32.2. The van der Waals surface area contributed by atoms with Gasteiger partial charge in [0.2, 0.25) is 5.91 Å². The molecule has 0 atom stereocenters. The lowest BCUT2D eigenvalue weighted by Crippen LogP contribution is -2.36. The van der Waals surface area contributed by atoms with Gasteiger partial charge in [0.05, 0.1) is 29.4 Å². The number of rotatable bonds is 5. The van der Waals surface area contributed by atoms with Crippen molar-refractivity contribution in [2.45, 2.75) is 12.8 Å². The van der Waals surface area contributed by atoms with Gasteiger partial charge in [0.1, 0.15) is 11.6 Å². The number of aromatic nitrogens is 2. The van der Waals surface area contributed by atoms with Crippen LogP contribution >= 0.6 is 11.8 Å². The third-order valence-electron chi connectivity index (χ3n) is 6.20. The maximum atomic E-state index is 14.8. The zero-order valence-corrected chi connectivity index (χ0v) is 20.7. The third kappa shape index (κ3) is 5.86. The molecule has 0 unspecified atom stereocenters. The SMILES string of the molecule is O=C1NC(=O)C(=Cc2ccc(F)c(-c3cncc(N4CCCN(C(=O)Cc5ccccc5)CC4)n3)c2)S1. The number of nitrogens with one attached hydrogen (secondary N) is 1. The van der Waals surface area contributed by atoms with E-state index in [0.29, 0.717) is 49.7 Å². The van der Waals surface area contributed by atoms with Crippen LogP contribution in [0.3, 0.4) is 0 Å². The monoisotopic (exact) mass is 517 g/mol. The van der Waals surface area contributed by atoms with E-state index in [-0.39, 0.29) is 16.4 Å². The quantitative estimate of drug-likeness (QED) is 0.513. The molecule has 0 bridgehead atoms. The molecule has 0 radical (unpaired) electrons. The Morgan fingerprint density at radius 3 is 2.68 bits per heavy atom. The molecular weight excluding hydrogens is 493 g/mol. The molecular formula is C27H24FN5O3S. The summed E-state index contributed by atoms with van der Waals surface area (Å²) in [6.45, 7) is 2.51. The first-order valence-electron chi connectivity index (χ1n) is 11.9. The van der Waals surface area contributed by atoms with Crippen LogP contribution in [0.25, 0.3) is 17.3 Å². The third-order valence-corrected chi connectivity index (χ3v) is 7.01. The van der Waals surface area contributed by atoms with Gasteiger partial charge in [-0.3, -0.25) is 24.7 Å². The number of halogens is 1. The second-order valence-electron chi connectivity index (χ2n) is 8.74. The summed E-state index contributed by atoms with van der Waals surface area (Å²) in [5.74, 6) is -0.243. The summed E-state index contributed by atoms with van der Waals surface area (Å²) in [4.78, 5) is 49.3. The van der Waals surface area contributed by atoms with Gasteiger partial charge in [-0.15, -0.1) is 0 Å². The van der Waals surface area contributed by atoms with Crippen LogP contribution in [-0.2, 0) is 16.0 Å². The Hall–Kier alpha value is -4.05. The van der Waals surface area contributed by atoms with E-state index in [4.69, 9.17) is 0 Å². The standard InChI is InChI=1S/C27H24FN5O3S/c28-21-8-7-19(14-23-26(35)31-27(36)37-23)13-20(21)22-16-29-17-24(30-22)32-9-4-10-33(12-11-32)25(34)15-18-5-2-1-3-6-18/h1-3,5-8,13-14,16-17H,4,9-12,15H2,(H,31,35,36). The number of carbonyl (C=O) groups is 3. The summed E-state index contributed by atoms with van der Waals surface area (Å²) in [6, 6.07) is 14.1. The van der Waals surface area contributed by atoms with Crippen molar-refractivity contribution in [1.29, 1.82) is 0 Å². The van der Waals surface area contributed by atoms with E-state index in [0.717, 1.165) is 23.7 Å². The summed E-state index contributed by atoms with van der Waals surface area (Å²) in [5, 5.41) is 1.77. The molecule has 0 spiro atoms. The van der Waals surface area contributed by atoms with Crippen LogP contribution in [0.1, 0.15) is 17.5 Å². The van der Waals surface area contributed by atoms with E-state index in [1.807, 2.05) is 35.2 Å². The van der Waals surface area contributed by atoms with Crippen LogP contribution in [-0.4, -0.2) is 58.1 Å². The van der Waals surface area contributed by atoms with Crippen molar-refractivity contribution in [2.75, 3.05) is 31.1 Å². The first kappa shape index (κ1) is 24.6. The Kier molecular flexibility index (Phi) is 7.27. The van der Waals surface area contributed by atoms with E-state index >= 15 is 0 Å². The molecule has 0 saturated carbocycles. The van der Waals surface area contributed by atoms with Crippen LogP contribution in [0, 0.1) is 5.82 Å².